The van der Waals surface area contributed by atoms with Gasteiger partial charge in [0.05, 0.1) is 0 Å². The Hall–Kier alpha value is -2.48. The number of fused-ring (bicyclic) bond motifs is 1. The zero-order chi connectivity index (χ0) is 21.2. The molecule has 1 aromatic heterocycles. The SMILES string of the molecule is O=C1CCCc2cc(C(=O)N3CCN(c4nnc(C5CCCCC5)s4)CC3)ccc2N1. The first-order chi connectivity index (χ1) is 15.2. The van der Waals surface area contributed by atoms with E-state index in [-0.39, 0.29) is 11.8 Å². The zero-order valence-electron chi connectivity index (χ0n) is 17.8. The Morgan fingerprint density at radius 3 is 2.61 bits per heavy atom. The van der Waals surface area contributed by atoms with Crippen molar-refractivity contribution in [3.63, 3.8) is 0 Å². The molecule has 0 atom stereocenters. The highest BCUT2D eigenvalue weighted by molar-refractivity contribution is 7.15. The fourth-order valence-electron chi connectivity index (χ4n) is 4.86. The summed E-state index contributed by atoms with van der Waals surface area (Å²) in [4.78, 5) is 29.0. The van der Waals surface area contributed by atoms with Gasteiger partial charge in [0, 0.05) is 49.8 Å². The number of hydrogen-bond acceptors (Lipinski definition) is 6. The molecular weight excluding hydrogens is 410 g/mol. The summed E-state index contributed by atoms with van der Waals surface area (Å²) in [7, 11) is 0. The fourth-order valence-corrected chi connectivity index (χ4v) is 5.92. The molecule has 164 valence electrons. The summed E-state index contributed by atoms with van der Waals surface area (Å²) in [6.07, 6.45) is 8.60. The maximum absolute atomic E-state index is 13.1. The summed E-state index contributed by atoms with van der Waals surface area (Å²) in [5.74, 6) is 0.705. The molecule has 3 heterocycles. The van der Waals surface area contributed by atoms with Crippen molar-refractivity contribution in [1.29, 1.82) is 0 Å². The number of piperazine rings is 1. The molecule has 7 nitrogen and oxygen atoms in total. The molecule has 1 saturated carbocycles. The highest BCUT2D eigenvalue weighted by Gasteiger charge is 2.26. The van der Waals surface area contributed by atoms with Crippen LogP contribution < -0.4 is 10.2 Å². The lowest BCUT2D eigenvalue weighted by Crippen LogP contribution is -2.48. The number of hydrogen-bond donors (Lipinski definition) is 1. The lowest BCUT2D eigenvalue weighted by molar-refractivity contribution is -0.116. The monoisotopic (exact) mass is 439 g/mol. The number of rotatable bonds is 3. The minimum atomic E-state index is 0.0530. The number of anilines is 2. The summed E-state index contributed by atoms with van der Waals surface area (Å²) >= 11 is 1.74. The van der Waals surface area contributed by atoms with Crippen LogP contribution >= 0.6 is 11.3 Å². The van der Waals surface area contributed by atoms with Gasteiger partial charge in [-0.3, -0.25) is 9.59 Å². The van der Waals surface area contributed by atoms with Gasteiger partial charge < -0.3 is 15.1 Å². The molecule has 1 N–H and O–H groups in total. The number of nitrogens with one attached hydrogen (secondary N) is 1. The van der Waals surface area contributed by atoms with Gasteiger partial charge in [0.2, 0.25) is 11.0 Å². The van der Waals surface area contributed by atoms with Crippen LogP contribution in [0.25, 0.3) is 0 Å². The second-order valence-electron chi connectivity index (χ2n) is 8.81. The molecule has 2 fully saturated rings. The molecule has 0 spiro atoms. The Bertz CT molecular complexity index is 961. The van der Waals surface area contributed by atoms with Crippen LogP contribution in [0.1, 0.15) is 71.8 Å². The maximum Gasteiger partial charge on any atom is 0.253 e. The van der Waals surface area contributed by atoms with Crippen molar-refractivity contribution >= 4 is 34.0 Å². The average Bonchev–Trinajstić information content (AvgIpc) is 3.23. The standard InChI is InChI=1S/C23H29N5O2S/c29-20-8-4-7-17-15-18(9-10-19(17)24-20)22(30)27-11-13-28(14-12-27)23-26-25-21(31-23)16-5-2-1-3-6-16/h9-10,15-16H,1-8,11-14H2,(H,24,29). The van der Waals surface area contributed by atoms with Crippen molar-refractivity contribution in [3.8, 4) is 0 Å². The molecule has 0 radical (unpaired) electrons. The Balaban J connectivity index is 1.21. The quantitative estimate of drug-likeness (QED) is 0.787. The van der Waals surface area contributed by atoms with Crippen LogP contribution in [-0.2, 0) is 11.2 Å². The number of carbonyl (C=O) groups is 2. The summed E-state index contributed by atoms with van der Waals surface area (Å²) < 4.78 is 0. The molecule has 1 aromatic carbocycles. The van der Waals surface area contributed by atoms with Gasteiger partial charge in [-0.05, 0) is 49.4 Å². The Morgan fingerprint density at radius 2 is 1.81 bits per heavy atom. The second-order valence-corrected chi connectivity index (χ2v) is 9.80. The molecule has 8 heteroatoms. The molecule has 0 bridgehead atoms. The van der Waals surface area contributed by atoms with Crippen molar-refractivity contribution in [2.24, 2.45) is 0 Å². The van der Waals surface area contributed by atoms with Gasteiger partial charge in [0.1, 0.15) is 5.01 Å². The third-order valence-electron chi connectivity index (χ3n) is 6.70. The molecule has 5 rings (SSSR count). The largest absolute Gasteiger partial charge is 0.343 e. The number of carbonyl (C=O) groups excluding carboxylic acids is 2. The van der Waals surface area contributed by atoms with Crippen LogP contribution in [0.4, 0.5) is 10.8 Å². The minimum Gasteiger partial charge on any atom is -0.343 e. The molecule has 1 aliphatic carbocycles. The highest BCUT2D eigenvalue weighted by atomic mass is 32.1. The van der Waals surface area contributed by atoms with Gasteiger partial charge in [-0.25, -0.2) is 0 Å². The number of aromatic nitrogens is 2. The molecule has 31 heavy (non-hydrogen) atoms. The number of amides is 2. The second kappa shape index (κ2) is 8.94. The van der Waals surface area contributed by atoms with Gasteiger partial charge >= 0.3 is 0 Å². The van der Waals surface area contributed by atoms with Crippen LogP contribution in [0.5, 0.6) is 0 Å². The first kappa shape index (κ1) is 20.4. The van der Waals surface area contributed by atoms with Gasteiger partial charge in [-0.15, -0.1) is 10.2 Å². The van der Waals surface area contributed by atoms with E-state index in [9.17, 15) is 9.59 Å². The molecule has 2 aromatic rings. The maximum atomic E-state index is 13.1. The van der Waals surface area contributed by atoms with Crippen LogP contribution in [0, 0.1) is 0 Å². The topological polar surface area (TPSA) is 78.4 Å². The zero-order valence-corrected chi connectivity index (χ0v) is 18.6. The first-order valence-electron chi connectivity index (χ1n) is 11.5. The van der Waals surface area contributed by atoms with E-state index in [0.29, 0.717) is 31.0 Å². The molecule has 2 aliphatic heterocycles. The normalized spacial score (nSPS) is 20.2. The molecule has 3 aliphatic rings. The minimum absolute atomic E-state index is 0.0530. The van der Waals surface area contributed by atoms with Gasteiger partial charge in [0.15, 0.2) is 0 Å². The molecule has 0 unspecified atom stereocenters. The van der Waals surface area contributed by atoms with E-state index < -0.39 is 0 Å². The predicted molar refractivity (Wildman–Crippen MR) is 122 cm³/mol. The number of nitrogens with zero attached hydrogens (tertiary/aromatic N) is 4. The Kier molecular flexibility index (Phi) is 5.89. The van der Waals surface area contributed by atoms with Crippen LogP contribution in [-0.4, -0.2) is 53.1 Å². The fraction of sp³-hybridized carbons (Fsp3) is 0.565. The third-order valence-corrected chi connectivity index (χ3v) is 7.84. The molecule has 2 amide bonds. The van der Waals surface area contributed by atoms with Gasteiger partial charge in [-0.1, -0.05) is 30.6 Å². The lowest BCUT2D eigenvalue weighted by atomic mass is 9.90. The lowest BCUT2D eigenvalue weighted by Gasteiger charge is -2.34. The van der Waals surface area contributed by atoms with Crippen molar-refractivity contribution in [3.05, 3.63) is 34.3 Å². The molecular formula is C23H29N5O2S. The highest BCUT2D eigenvalue weighted by Crippen LogP contribution is 2.36. The Morgan fingerprint density at radius 1 is 1.00 bits per heavy atom. The summed E-state index contributed by atoms with van der Waals surface area (Å²) in [6.45, 7) is 2.94. The van der Waals surface area contributed by atoms with E-state index >= 15 is 0 Å². The average molecular weight is 440 g/mol. The third kappa shape index (κ3) is 4.44. The van der Waals surface area contributed by atoms with Gasteiger partial charge in [-0.2, -0.15) is 0 Å². The smallest absolute Gasteiger partial charge is 0.253 e. The van der Waals surface area contributed by atoms with Crippen molar-refractivity contribution in [2.45, 2.75) is 57.3 Å². The summed E-state index contributed by atoms with van der Waals surface area (Å²) in [5.41, 5.74) is 2.60. The van der Waals surface area contributed by atoms with E-state index in [4.69, 9.17) is 0 Å². The summed E-state index contributed by atoms with van der Waals surface area (Å²) in [5, 5.41) is 14.1. The van der Waals surface area contributed by atoms with Crippen LogP contribution in [0.15, 0.2) is 18.2 Å². The Labute approximate surface area is 186 Å². The van der Waals surface area contributed by atoms with E-state index in [0.717, 1.165) is 42.3 Å². The van der Waals surface area contributed by atoms with E-state index in [1.54, 1.807) is 11.3 Å². The van der Waals surface area contributed by atoms with Crippen molar-refractivity contribution in [1.82, 2.24) is 15.1 Å². The van der Waals surface area contributed by atoms with Crippen LogP contribution in [0.2, 0.25) is 0 Å². The molecule has 1 saturated heterocycles. The first-order valence-corrected chi connectivity index (χ1v) is 12.3. The van der Waals surface area contributed by atoms with Crippen molar-refractivity contribution in [2.75, 3.05) is 36.4 Å². The predicted octanol–water partition coefficient (Wildman–Crippen LogP) is 3.82. The number of aryl methyl sites for hydroxylation is 1. The van der Waals surface area contributed by atoms with Gasteiger partial charge in [0.25, 0.3) is 5.91 Å². The van der Waals surface area contributed by atoms with E-state index in [2.05, 4.69) is 20.4 Å². The summed E-state index contributed by atoms with van der Waals surface area (Å²) in [6, 6.07) is 5.66. The van der Waals surface area contributed by atoms with E-state index in [1.807, 2.05) is 23.1 Å². The van der Waals surface area contributed by atoms with Crippen LogP contribution in [0.3, 0.4) is 0 Å². The van der Waals surface area contributed by atoms with Crippen molar-refractivity contribution < 1.29 is 9.59 Å². The number of benzene rings is 1. The van der Waals surface area contributed by atoms with E-state index in [1.165, 1.54) is 37.1 Å².